The van der Waals surface area contributed by atoms with Crippen LogP contribution >= 0.6 is 0 Å². The van der Waals surface area contributed by atoms with E-state index in [-0.39, 0.29) is 5.82 Å². The normalized spacial score (nSPS) is 14.4. The first-order chi connectivity index (χ1) is 16.9. The van der Waals surface area contributed by atoms with Gasteiger partial charge in [-0.05, 0) is 29.8 Å². The molecule has 35 heavy (non-hydrogen) atoms. The van der Waals surface area contributed by atoms with Gasteiger partial charge < -0.3 is 9.64 Å². The lowest BCUT2D eigenvalue weighted by molar-refractivity contribution is 0.136. The lowest BCUT2D eigenvalue weighted by Crippen LogP contribution is -2.51. The zero-order valence-corrected chi connectivity index (χ0v) is 19.5. The third-order valence-electron chi connectivity index (χ3n) is 6.24. The van der Waals surface area contributed by atoms with Crippen molar-refractivity contribution in [1.82, 2.24) is 28.9 Å². The molecule has 1 amide bonds. The molecule has 1 saturated heterocycles. The fourth-order valence-electron chi connectivity index (χ4n) is 4.33. The number of imidazole rings is 1. The number of piperazine rings is 1. The number of carbonyl (C=O) groups excluding carboxylic acids is 1. The van der Waals surface area contributed by atoms with E-state index in [0.717, 1.165) is 15.7 Å². The van der Waals surface area contributed by atoms with Gasteiger partial charge in [-0.15, -0.1) is 0 Å². The lowest BCUT2D eigenvalue weighted by atomic mass is 10.2. The topological polar surface area (TPSA) is 85.5 Å². The molecule has 10 heteroatoms. The number of carbonyl (C=O) groups is 1. The van der Waals surface area contributed by atoms with Crippen LogP contribution in [0, 0.1) is 5.82 Å². The van der Waals surface area contributed by atoms with Gasteiger partial charge >= 0.3 is 11.7 Å². The number of methoxy groups -OCH3 is 1. The Morgan fingerprint density at radius 1 is 1.09 bits per heavy atom. The van der Waals surface area contributed by atoms with E-state index in [1.807, 2.05) is 30.3 Å². The van der Waals surface area contributed by atoms with Crippen molar-refractivity contribution in [2.75, 3.05) is 33.3 Å². The van der Waals surface area contributed by atoms with Crippen molar-refractivity contribution in [3.63, 3.8) is 0 Å². The predicted octanol–water partition coefficient (Wildman–Crippen LogP) is 2.73. The van der Waals surface area contributed by atoms with Crippen LogP contribution in [0.25, 0.3) is 22.6 Å². The van der Waals surface area contributed by atoms with Gasteiger partial charge in [-0.2, -0.15) is 0 Å². The Kier molecular flexibility index (Phi) is 6.04. The van der Waals surface area contributed by atoms with Gasteiger partial charge in [0.15, 0.2) is 11.5 Å². The van der Waals surface area contributed by atoms with Crippen LogP contribution in [0.2, 0.25) is 0 Å². The number of amides is 1. The van der Waals surface area contributed by atoms with Gasteiger partial charge in [-0.25, -0.2) is 28.5 Å². The van der Waals surface area contributed by atoms with Crippen molar-refractivity contribution in [3.8, 4) is 17.1 Å². The number of nitrogens with zero attached hydrogens (tertiary/aromatic N) is 6. The van der Waals surface area contributed by atoms with Crippen LogP contribution in [-0.2, 0) is 13.6 Å². The minimum atomic E-state index is -0.468. The molecule has 0 aliphatic carbocycles. The number of aryl methyl sites for hydroxylation is 1. The molecule has 0 atom stereocenters. The summed E-state index contributed by atoms with van der Waals surface area (Å²) in [5.74, 6) is 0.843. The molecule has 0 unspecified atom stereocenters. The zero-order valence-electron chi connectivity index (χ0n) is 19.5. The van der Waals surface area contributed by atoms with E-state index in [0.29, 0.717) is 55.5 Å². The first-order valence-electron chi connectivity index (χ1n) is 11.3. The first-order valence-corrected chi connectivity index (χ1v) is 11.3. The van der Waals surface area contributed by atoms with Crippen molar-refractivity contribution in [2.45, 2.75) is 6.54 Å². The molecule has 2 aromatic heterocycles. The second-order valence-corrected chi connectivity index (χ2v) is 8.49. The second-order valence-electron chi connectivity index (χ2n) is 8.49. The van der Waals surface area contributed by atoms with Crippen LogP contribution in [0.3, 0.4) is 0 Å². The van der Waals surface area contributed by atoms with Crippen LogP contribution in [0.5, 0.6) is 5.75 Å². The molecule has 1 aliphatic heterocycles. The SMILES string of the molecule is COc1cccc(-c2ncc3c(n2)n(C)c(=O)n3C(=O)N2CCN(Cc3cccc(F)c3)CC2)c1. The monoisotopic (exact) mass is 476 g/mol. The summed E-state index contributed by atoms with van der Waals surface area (Å²) in [6.07, 6.45) is 1.51. The summed E-state index contributed by atoms with van der Waals surface area (Å²) in [7, 11) is 3.17. The molecule has 0 radical (unpaired) electrons. The number of benzene rings is 2. The van der Waals surface area contributed by atoms with Crippen molar-refractivity contribution in [2.24, 2.45) is 7.05 Å². The summed E-state index contributed by atoms with van der Waals surface area (Å²) in [6, 6.07) is 13.4. The smallest absolute Gasteiger partial charge is 0.338 e. The van der Waals surface area contributed by atoms with Crippen molar-refractivity contribution in [1.29, 1.82) is 0 Å². The molecule has 5 rings (SSSR count). The summed E-state index contributed by atoms with van der Waals surface area (Å²) in [5.41, 5.74) is 1.90. The van der Waals surface area contributed by atoms with Crippen molar-refractivity contribution < 1.29 is 13.9 Å². The number of rotatable bonds is 4. The minimum Gasteiger partial charge on any atom is -0.497 e. The molecule has 4 aromatic rings. The number of hydrogen-bond acceptors (Lipinski definition) is 6. The standard InChI is InChI=1S/C25H25FN6O3/c1-29-23-21(15-27-22(28-23)18-6-4-8-20(14-18)35-2)32(24(29)33)25(34)31-11-9-30(10-12-31)16-17-5-3-7-19(26)13-17/h3-8,13-15H,9-12,16H2,1-2H3. The molecule has 3 heterocycles. The fourth-order valence-corrected chi connectivity index (χ4v) is 4.33. The second kappa shape index (κ2) is 9.30. The fraction of sp³-hybridized carbons (Fsp3) is 0.280. The average molecular weight is 477 g/mol. The van der Waals surface area contributed by atoms with Gasteiger partial charge in [0.1, 0.15) is 17.1 Å². The predicted molar refractivity (Wildman–Crippen MR) is 129 cm³/mol. The Bertz CT molecular complexity index is 1460. The Labute approximate surface area is 201 Å². The third-order valence-corrected chi connectivity index (χ3v) is 6.24. The summed E-state index contributed by atoms with van der Waals surface area (Å²) in [5, 5.41) is 0. The van der Waals surface area contributed by atoms with E-state index in [4.69, 9.17) is 4.74 Å². The van der Waals surface area contributed by atoms with E-state index in [9.17, 15) is 14.0 Å². The molecule has 0 N–H and O–H groups in total. The lowest BCUT2D eigenvalue weighted by Gasteiger charge is -2.34. The Balaban J connectivity index is 1.36. The first kappa shape index (κ1) is 22.7. The van der Waals surface area contributed by atoms with Gasteiger partial charge in [0, 0.05) is 45.3 Å². The molecule has 1 fully saturated rings. The van der Waals surface area contributed by atoms with Gasteiger partial charge in [-0.3, -0.25) is 9.47 Å². The van der Waals surface area contributed by atoms with Crippen LogP contribution in [-0.4, -0.2) is 68.2 Å². The van der Waals surface area contributed by atoms with Gasteiger partial charge in [0.2, 0.25) is 0 Å². The third kappa shape index (κ3) is 4.40. The highest BCUT2D eigenvalue weighted by atomic mass is 19.1. The number of halogens is 1. The quantitative estimate of drug-likeness (QED) is 0.450. The van der Waals surface area contributed by atoms with Gasteiger partial charge in [0.25, 0.3) is 0 Å². The largest absolute Gasteiger partial charge is 0.497 e. The molecule has 0 bridgehead atoms. The van der Waals surface area contributed by atoms with Crippen molar-refractivity contribution >= 4 is 17.2 Å². The molecule has 1 aliphatic rings. The maximum Gasteiger partial charge on any atom is 0.338 e. The maximum atomic E-state index is 13.5. The Morgan fingerprint density at radius 3 is 2.60 bits per heavy atom. The van der Waals surface area contributed by atoms with E-state index < -0.39 is 11.7 Å². The van der Waals surface area contributed by atoms with Crippen LogP contribution in [0.15, 0.2) is 59.5 Å². The van der Waals surface area contributed by atoms with E-state index >= 15 is 0 Å². The Morgan fingerprint density at radius 2 is 1.86 bits per heavy atom. The molecule has 2 aromatic carbocycles. The van der Waals surface area contributed by atoms with Crippen molar-refractivity contribution in [3.05, 3.63) is 76.6 Å². The number of aromatic nitrogens is 4. The molecule has 0 saturated carbocycles. The molecule has 0 spiro atoms. The Hall–Kier alpha value is -4.05. The maximum absolute atomic E-state index is 13.5. The molecule has 9 nitrogen and oxygen atoms in total. The summed E-state index contributed by atoms with van der Waals surface area (Å²) in [6.45, 7) is 2.77. The zero-order chi connectivity index (χ0) is 24.5. The number of fused-ring (bicyclic) bond motifs is 1. The van der Waals surface area contributed by atoms with E-state index in [1.165, 1.54) is 22.9 Å². The van der Waals surface area contributed by atoms with E-state index in [2.05, 4.69) is 14.9 Å². The van der Waals surface area contributed by atoms with E-state index in [1.54, 1.807) is 25.1 Å². The highest BCUT2D eigenvalue weighted by Gasteiger charge is 2.27. The highest BCUT2D eigenvalue weighted by molar-refractivity contribution is 5.88. The molecular formula is C25H25FN6O3. The molecule has 180 valence electrons. The summed E-state index contributed by atoms with van der Waals surface area (Å²) in [4.78, 5) is 39.1. The summed E-state index contributed by atoms with van der Waals surface area (Å²) < 4.78 is 21.2. The van der Waals surface area contributed by atoms with Crippen LogP contribution in [0.1, 0.15) is 5.56 Å². The number of ether oxygens (including phenoxy) is 1. The number of hydrogen-bond donors (Lipinski definition) is 0. The summed E-state index contributed by atoms with van der Waals surface area (Å²) >= 11 is 0. The van der Waals surface area contributed by atoms with Gasteiger partial charge in [0.05, 0.1) is 13.3 Å². The van der Waals surface area contributed by atoms with Gasteiger partial charge in [-0.1, -0.05) is 24.3 Å². The molecular weight excluding hydrogens is 451 g/mol. The van der Waals surface area contributed by atoms with Crippen LogP contribution in [0.4, 0.5) is 9.18 Å². The minimum absolute atomic E-state index is 0.261. The average Bonchev–Trinajstić information content (AvgIpc) is 3.13. The highest BCUT2D eigenvalue weighted by Crippen LogP contribution is 2.22. The van der Waals surface area contributed by atoms with Crippen LogP contribution < -0.4 is 10.4 Å².